The van der Waals surface area contributed by atoms with Crippen LogP contribution in [0.3, 0.4) is 0 Å². The third-order valence-corrected chi connectivity index (χ3v) is 3.99. The van der Waals surface area contributed by atoms with Crippen LogP contribution in [0, 0.1) is 0 Å². The van der Waals surface area contributed by atoms with Crippen LogP contribution < -0.4 is 10.1 Å². The average molecular weight is 322 g/mol. The van der Waals surface area contributed by atoms with Gasteiger partial charge in [0, 0.05) is 12.2 Å². The van der Waals surface area contributed by atoms with Crippen LogP contribution in [0.1, 0.15) is 35.4 Å². The van der Waals surface area contributed by atoms with Crippen LogP contribution in [0.5, 0.6) is 5.75 Å². The minimum absolute atomic E-state index is 0.00845. The van der Waals surface area contributed by atoms with Gasteiger partial charge in [0.2, 0.25) is 0 Å². The van der Waals surface area contributed by atoms with E-state index >= 15 is 0 Å². The Kier molecular flexibility index (Phi) is 4.85. The molecule has 0 aromatic heterocycles. The second-order valence-corrected chi connectivity index (χ2v) is 5.76. The summed E-state index contributed by atoms with van der Waals surface area (Å²) in [7, 11) is 0. The number of carbonyl (C=O) groups is 1. The Morgan fingerprint density at radius 3 is 2.88 bits per heavy atom. The number of benzene rings is 2. The summed E-state index contributed by atoms with van der Waals surface area (Å²) in [6.45, 7) is 7.02. The Bertz CT molecular complexity index is 742. The molecule has 1 aliphatic heterocycles. The Morgan fingerprint density at radius 1 is 1.25 bits per heavy atom. The van der Waals surface area contributed by atoms with Crippen LogP contribution in [-0.2, 0) is 0 Å². The third kappa shape index (κ3) is 3.13. The van der Waals surface area contributed by atoms with Crippen LogP contribution >= 0.6 is 0 Å². The lowest BCUT2D eigenvalue weighted by atomic mass is 10.0. The van der Waals surface area contributed by atoms with Crippen molar-refractivity contribution in [2.75, 3.05) is 18.5 Å². The maximum Gasteiger partial charge on any atom is 0.258 e. The molecule has 1 atom stereocenters. The van der Waals surface area contributed by atoms with Crippen LogP contribution in [-0.4, -0.2) is 24.0 Å². The third-order valence-electron chi connectivity index (χ3n) is 3.99. The average Bonchev–Trinajstić information content (AvgIpc) is 2.62. The lowest BCUT2D eigenvalue weighted by Gasteiger charge is -2.37. The van der Waals surface area contributed by atoms with Crippen molar-refractivity contribution in [1.29, 1.82) is 0 Å². The molecule has 2 aromatic rings. The molecule has 0 spiro atoms. The lowest BCUT2D eigenvalue weighted by molar-refractivity contribution is 0.0707. The first-order chi connectivity index (χ1) is 11.7. The van der Waals surface area contributed by atoms with Gasteiger partial charge in [-0.15, -0.1) is 6.58 Å². The highest BCUT2D eigenvalue weighted by Crippen LogP contribution is 2.33. The Hall–Kier alpha value is -2.75. The molecule has 1 N–H and O–H groups in total. The fourth-order valence-corrected chi connectivity index (χ4v) is 2.88. The van der Waals surface area contributed by atoms with E-state index < -0.39 is 0 Å². The van der Waals surface area contributed by atoms with Crippen LogP contribution in [0.25, 0.3) is 0 Å². The van der Waals surface area contributed by atoms with Crippen molar-refractivity contribution in [2.45, 2.75) is 19.5 Å². The minimum Gasteiger partial charge on any atom is -0.494 e. The number of nitrogens with zero attached hydrogens (tertiary/aromatic N) is 1. The summed E-state index contributed by atoms with van der Waals surface area (Å²) in [6, 6.07) is 15.5. The van der Waals surface area contributed by atoms with Gasteiger partial charge < -0.3 is 15.0 Å². The molecule has 1 aliphatic rings. The molecule has 1 unspecified atom stereocenters. The summed E-state index contributed by atoms with van der Waals surface area (Å²) in [5, 5.41) is 3.46. The Labute approximate surface area is 142 Å². The summed E-state index contributed by atoms with van der Waals surface area (Å²) in [4.78, 5) is 14.6. The molecule has 124 valence electrons. The second-order valence-electron chi connectivity index (χ2n) is 5.76. The first-order valence-corrected chi connectivity index (χ1v) is 8.24. The predicted molar refractivity (Wildman–Crippen MR) is 96.3 cm³/mol. The van der Waals surface area contributed by atoms with Crippen molar-refractivity contribution in [3.05, 3.63) is 72.3 Å². The molecule has 0 saturated heterocycles. The number of carbonyl (C=O) groups excluding carboxylic acids is 1. The van der Waals surface area contributed by atoms with Gasteiger partial charge in [-0.25, -0.2) is 0 Å². The Morgan fingerprint density at radius 2 is 2.08 bits per heavy atom. The topological polar surface area (TPSA) is 41.6 Å². The first-order valence-electron chi connectivity index (χ1n) is 8.24. The number of hydrogen-bond donors (Lipinski definition) is 1. The highest BCUT2D eigenvalue weighted by atomic mass is 16.5. The monoisotopic (exact) mass is 322 g/mol. The second kappa shape index (κ2) is 7.21. The quantitative estimate of drug-likeness (QED) is 0.809. The molecule has 0 saturated carbocycles. The molecular formula is C20H22N2O2. The summed E-state index contributed by atoms with van der Waals surface area (Å²) >= 11 is 0. The zero-order valence-electron chi connectivity index (χ0n) is 13.9. The van der Waals surface area contributed by atoms with Gasteiger partial charge in [0.15, 0.2) is 0 Å². The number of nitrogens with one attached hydrogen (secondary N) is 1. The smallest absolute Gasteiger partial charge is 0.258 e. The summed E-state index contributed by atoms with van der Waals surface area (Å²) in [5.41, 5.74) is 2.54. The fourth-order valence-electron chi connectivity index (χ4n) is 2.88. The number of fused-ring (bicyclic) bond motifs is 1. The van der Waals surface area contributed by atoms with E-state index in [1.807, 2.05) is 48.5 Å². The first kappa shape index (κ1) is 16.1. The molecule has 1 amide bonds. The maximum absolute atomic E-state index is 12.9. The lowest BCUT2D eigenvalue weighted by Crippen LogP contribution is -2.42. The van der Waals surface area contributed by atoms with Gasteiger partial charge in [-0.1, -0.05) is 37.3 Å². The van der Waals surface area contributed by atoms with Crippen molar-refractivity contribution in [3.8, 4) is 5.75 Å². The van der Waals surface area contributed by atoms with Crippen LogP contribution in [0.2, 0.25) is 0 Å². The number of anilines is 1. The molecule has 0 bridgehead atoms. The molecule has 3 rings (SSSR count). The zero-order chi connectivity index (χ0) is 16.9. The molecular weight excluding hydrogens is 300 g/mol. The fraction of sp³-hybridized carbons (Fsp3) is 0.250. The summed E-state index contributed by atoms with van der Waals surface area (Å²) in [5.74, 6) is 0.829. The molecule has 4 heteroatoms. The summed E-state index contributed by atoms with van der Waals surface area (Å²) in [6.07, 6.45) is 2.47. The van der Waals surface area contributed by atoms with E-state index in [0.717, 1.165) is 23.4 Å². The van der Waals surface area contributed by atoms with Crippen molar-refractivity contribution in [2.24, 2.45) is 0 Å². The number of ether oxygens (including phenoxy) is 1. The van der Waals surface area contributed by atoms with Gasteiger partial charge in [-0.3, -0.25) is 4.79 Å². The van der Waals surface area contributed by atoms with E-state index in [4.69, 9.17) is 4.74 Å². The highest BCUT2D eigenvalue weighted by Gasteiger charge is 2.32. The largest absolute Gasteiger partial charge is 0.494 e. The zero-order valence-corrected chi connectivity index (χ0v) is 13.9. The molecule has 0 radical (unpaired) electrons. The number of rotatable bonds is 6. The van der Waals surface area contributed by atoms with E-state index in [-0.39, 0.29) is 12.1 Å². The molecule has 4 nitrogen and oxygen atoms in total. The van der Waals surface area contributed by atoms with Crippen molar-refractivity contribution < 1.29 is 9.53 Å². The molecule has 0 fully saturated rings. The molecule has 0 aliphatic carbocycles. The van der Waals surface area contributed by atoms with Gasteiger partial charge in [0.05, 0.1) is 12.2 Å². The molecule has 1 heterocycles. The standard InChI is InChI=1S/C20H22N2O2/c1-3-12-22-19(15-8-7-9-16(14-15)24-13-4-2)21-18-11-6-5-10-17(18)20(22)23/h3,5-11,14,19,21H,1,4,12-13H2,2H3. The number of hydrogen-bond acceptors (Lipinski definition) is 3. The van der Waals surface area contributed by atoms with E-state index in [1.165, 1.54) is 0 Å². The van der Waals surface area contributed by atoms with Gasteiger partial charge in [0.25, 0.3) is 5.91 Å². The number of amides is 1. The van der Waals surface area contributed by atoms with Crippen LogP contribution in [0.15, 0.2) is 61.2 Å². The summed E-state index contributed by atoms with van der Waals surface area (Å²) < 4.78 is 5.73. The van der Waals surface area contributed by atoms with E-state index in [0.29, 0.717) is 18.7 Å². The number of para-hydroxylation sites is 1. The van der Waals surface area contributed by atoms with E-state index in [1.54, 1.807) is 11.0 Å². The highest BCUT2D eigenvalue weighted by molar-refractivity contribution is 6.01. The van der Waals surface area contributed by atoms with Crippen molar-refractivity contribution in [1.82, 2.24) is 4.90 Å². The minimum atomic E-state index is -0.240. The Balaban J connectivity index is 1.96. The van der Waals surface area contributed by atoms with Gasteiger partial charge in [0.1, 0.15) is 11.9 Å². The van der Waals surface area contributed by atoms with Crippen LogP contribution in [0.4, 0.5) is 5.69 Å². The maximum atomic E-state index is 12.9. The van der Waals surface area contributed by atoms with Gasteiger partial charge >= 0.3 is 0 Å². The molecule has 24 heavy (non-hydrogen) atoms. The normalized spacial score (nSPS) is 16.3. The van der Waals surface area contributed by atoms with Gasteiger partial charge in [-0.05, 0) is 36.2 Å². The van der Waals surface area contributed by atoms with Gasteiger partial charge in [-0.2, -0.15) is 0 Å². The van der Waals surface area contributed by atoms with E-state index in [2.05, 4.69) is 18.8 Å². The predicted octanol–water partition coefficient (Wildman–Crippen LogP) is 4.23. The van der Waals surface area contributed by atoms with E-state index in [9.17, 15) is 4.79 Å². The van der Waals surface area contributed by atoms with Crippen molar-refractivity contribution in [3.63, 3.8) is 0 Å². The van der Waals surface area contributed by atoms with Crippen molar-refractivity contribution >= 4 is 11.6 Å². The molecule has 2 aromatic carbocycles. The SMILES string of the molecule is C=CCN1C(=O)c2ccccc2NC1c1cccc(OCCC)c1.